The van der Waals surface area contributed by atoms with Gasteiger partial charge in [0.15, 0.2) is 5.44 Å². The van der Waals surface area contributed by atoms with Gasteiger partial charge < -0.3 is 13.9 Å². The van der Waals surface area contributed by atoms with Crippen LogP contribution in [0.3, 0.4) is 0 Å². The van der Waals surface area contributed by atoms with E-state index < -0.39 is 18.6 Å². The van der Waals surface area contributed by atoms with Gasteiger partial charge in [-0.3, -0.25) is 4.57 Å². The van der Waals surface area contributed by atoms with Gasteiger partial charge in [0.1, 0.15) is 5.82 Å². The lowest BCUT2D eigenvalue weighted by molar-refractivity contribution is 0.229. The fourth-order valence-electron chi connectivity index (χ4n) is 3.57. The highest BCUT2D eigenvalue weighted by Gasteiger charge is 2.34. The van der Waals surface area contributed by atoms with E-state index in [4.69, 9.17) is 14.0 Å². The van der Waals surface area contributed by atoms with Crippen molar-refractivity contribution in [3.8, 4) is 0 Å². The molecule has 0 spiro atoms. The molecule has 1 N–H and O–H groups in total. The van der Waals surface area contributed by atoms with E-state index in [1.54, 1.807) is 19.9 Å². The molecular formula is C23H34N3O4PS. The van der Waals surface area contributed by atoms with Crippen LogP contribution in [-0.2, 0) is 31.1 Å². The first kappa shape index (κ1) is 25.1. The van der Waals surface area contributed by atoms with Gasteiger partial charge in [-0.1, -0.05) is 36.4 Å². The summed E-state index contributed by atoms with van der Waals surface area (Å²) in [4.78, 5) is 6.97. The third kappa shape index (κ3) is 5.86. The zero-order valence-corrected chi connectivity index (χ0v) is 21.2. The summed E-state index contributed by atoms with van der Waals surface area (Å²) in [5.74, 6) is 0.723. The Morgan fingerprint density at radius 2 is 1.78 bits per heavy atom. The van der Waals surface area contributed by atoms with Gasteiger partial charge >= 0.3 is 7.60 Å². The van der Waals surface area contributed by atoms with Crippen molar-refractivity contribution in [2.75, 3.05) is 24.7 Å². The molecule has 1 aromatic heterocycles. The molecule has 1 aliphatic heterocycles. The molecule has 0 aliphatic carbocycles. The van der Waals surface area contributed by atoms with Crippen molar-refractivity contribution in [1.82, 2.24) is 9.71 Å². The maximum Gasteiger partial charge on any atom is 0.379 e. The zero-order valence-electron chi connectivity index (χ0n) is 19.5. The molecule has 176 valence electrons. The Kier molecular flexibility index (Phi) is 8.28. The molecule has 2 atom stereocenters. The summed E-state index contributed by atoms with van der Waals surface area (Å²) in [6.45, 7) is 11.3. The molecule has 2 heterocycles. The monoisotopic (exact) mass is 479 g/mol. The van der Waals surface area contributed by atoms with Crippen LogP contribution in [0.15, 0.2) is 42.5 Å². The summed E-state index contributed by atoms with van der Waals surface area (Å²) in [6, 6.07) is 13.7. The van der Waals surface area contributed by atoms with Crippen LogP contribution in [0.5, 0.6) is 0 Å². The molecule has 0 radical (unpaired) electrons. The van der Waals surface area contributed by atoms with Crippen LogP contribution >= 0.6 is 7.60 Å². The van der Waals surface area contributed by atoms with Crippen molar-refractivity contribution in [3.05, 3.63) is 53.6 Å². The second-order valence-electron chi connectivity index (χ2n) is 8.66. The number of nitrogens with one attached hydrogen (secondary N) is 1. The van der Waals surface area contributed by atoms with Gasteiger partial charge in [0.25, 0.3) is 0 Å². The fourth-order valence-corrected chi connectivity index (χ4v) is 5.92. The number of anilines is 1. The first-order chi connectivity index (χ1) is 15.2. The molecule has 0 bridgehead atoms. The number of pyridine rings is 1. The maximum atomic E-state index is 13.4. The molecule has 3 rings (SSSR count). The summed E-state index contributed by atoms with van der Waals surface area (Å²) in [7, 11) is -4.74. The van der Waals surface area contributed by atoms with E-state index >= 15 is 0 Å². The van der Waals surface area contributed by atoms with Gasteiger partial charge in [-0.15, -0.1) is 0 Å². The van der Waals surface area contributed by atoms with E-state index in [0.717, 1.165) is 29.9 Å². The predicted molar refractivity (Wildman–Crippen MR) is 131 cm³/mol. The average Bonchev–Trinajstić information content (AvgIpc) is 2.75. The van der Waals surface area contributed by atoms with Gasteiger partial charge in [-0.2, -0.15) is 0 Å². The SMILES string of the molecule is CCOP(=O)(OCC)c1ccc2c(n1)N(Cc1ccccc1)CCC2NS(=O)C(C)(C)C. The van der Waals surface area contributed by atoms with E-state index in [2.05, 4.69) is 21.8 Å². The summed E-state index contributed by atoms with van der Waals surface area (Å²) in [6.07, 6.45) is 0.789. The molecule has 0 fully saturated rings. The number of nitrogens with zero attached hydrogens (tertiary/aromatic N) is 2. The van der Waals surface area contributed by atoms with Crippen molar-refractivity contribution in [3.63, 3.8) is 0 Å². The number of aromatic nitrogens is 1. The van der Waals surface area contributed by atoms with Crippen molar-refractivity contribution in [1.29, 1.82) is 0 Å². The van der Waals surface area contributed by atoms with Crippen LogP contribution < -0.4 is 15.1 Å². The molecular weight excluding hydrogens is 445 g/mol. The van der Waals surface area contributed by atoms with Crippen LogP contribution in [0, 0.1) is 0 Å². The summed E-state index contributed by atoms with van der Waals surface area (Å²) in [5, 5.41) is 0. The number of benzene rings is 1. The van der Waals surface area contributed by atoms with Crippen LogP contribution in [0.4, 0.5) is 5.82 Å². The Labute approximate surface area is 194 Å². The van der Waals surface area contributed by atoms with E-state index in [9.17, 15) is 8.77 Å². The number of hydrogen-bond donors (Lipinski definition) is 1. The van der Waals surface area contributed by atoms with Crippen molar-refractivity contribution in [2.24, 2.45) is 0 Å². The third-order valence-corrected chi connectivity index (χ3v) is 8.77. The number of fused-ring (bicyclic) bond motifs is 1. The molecule has 0 saturated heterocycles. The molecule has 1 aliphatic rings. The molecule has 0 saturated carbocycles. The second kappa shape index (κ2) is 10.6. The Hall–Kier alpha value is -1.57. The first-order valence-corrected chi connectivity index (χ1v) is 13.7. The highest BCUT2D eigenvalue weighted by molar-refractivity contribution is 7.84. The smallest absolute Gasteiger partial charge is 0.352 e. The van der Waals surface area contributed by atoms with Crippen molar-refractivity contribution < 1.29 is 17.8 Å². The highest BCUT2D eigenvalue weighted by Crippen LogP contribution is 2.47. The minimum absolute atomic E-state index is 0.114. The lowest BCUT2D eigenvalue weighted by atomic mass is 10.00. The largest absolute Gasteiger partial charge is 0.379 e. The molecule has 0 amide bonds. The van der Waals surface area contributed by atoms with Crippen LogP contribution in [0.1, 0.15) is 58.2 Å². The Morgan fingerprint density at radius 3 is 2.38 bits per heavy atom. The quantitative estimate of drug-likeness (QED) is 0.535. The van der Waals surface area contributed by atoms with Gasteiger partial charge in [0.05, 0.1) is 28.9 Å². The maximum absolute atomic E-state index is 13.4. The van der Waals surface area contributed by atoms with Crippen molar-refractivity contribution in [2.45, 2.75) is 58.4 Å². The first-order valence-electron chi connectivity index (χ1n) is 11.1. The van der Waals surface area contributed by atoms with Gasteiger partial charge in [0, 0.05) is 24.7 Å². The number of hydrogen-bond acceptors (Lipinski definition) is 6. The summed E-state index contributed by atoms with van der Waals surface area (Å²) < 4.78 is 40.1. The molecule has 2 unspecified atom stereocenters. The molecule has 2 aromatic rings. The Bertz CT molecular complexity index is 971. The highest BCUT2D eigenvalue weighted by atomic mass is 32.2. The number of rotatable bonds is 9. The zero-order chi connectivity index (χ0) is 23.4. The Balaban J connectivity index is 2.01. The Morgan fingerprint density at radius 1 is 1.12 bits per heavy atom. The van der Waals surface area contributed by atoms with E-state index in [1.165, 1.54) is 0 Å². The molecule has 32 heavy (non-hydrogen) atoms. The minimum atomic E-state index is -3.52. The van der Waals surface area contributed by atoms with Crippen LogP contribution in [0.25, 0.3) is 0 Å². The fraction of sp³-hybridized carbons (Fsp3) is 0.522. The van der Waals surface area contributed by atoms with Gasteiger partial charge in [-0.25, -0.2) is 13.9 Å². The standard InChI is InChI=1S/C23H34N3O4PS/c1-6-29-31(27,30-7-2)21-14-13-19-20(25-32(28)23(3,4)5)15-16-26(22(19)24-21)17-18-11-9-8-10-12-18/h8-14,20,25H,6-7,15-17H2,1-5H3. The third-order valence-electron chi connectivity index (χ3n) is 5.15. The topological polar surface area (TPSA) is 80.8 Å². The van der Waals surface area contributed by atoms with E-state index in [0.29, 0.717) is 12.0 Å². The van der Waals surface area contributed by atoms with Crippen LogP contribution in [-0.4, -0.2) is 33.7 Å². The summed E-state index contributed by atoms with van der Waals surface area (Å²) >= 11 is 0. The predicted octanol–water partition coefficient (Wildman–Crippen LogP) is 4.48. The van der Waals surface area contributed by atoms with Crippen LogP contribution in [0.2, 0.25) is 0 Å². The van der Waals surface area contributed by atoms with E-state index in [-0.39, 0.29) is 24.0 Å². The van der Waals surface area contributed by atoms with Crippen molar-refractivity contribution >= 4 is 29.8 Å². The lowest BCUT2D eigenvalue weighted by Gasteiger charge is -2.36. The molecule has 1 aromatic carbocycles. The normalized spacial score (nSPS) is 17.8. The van der Waals surface area contributed by atoms with Gasteiger partial charge in [-0.05, 0) is 52.7 Å². The molecule has 9 heteroatoms. The minimum Gasteiger partial charge on any atom is -0.352 e. The lowest BCUT2D eigenvalue weighted by Crippen LogP contribution is -2.41. The second-order valence-corrected chi connectivity index (χ2v) is 12.6. The van der Waals surface area contributed by atoms with E-state index in [1.807, 2.05) is 45.0 Å². The van der Waals surface area contributed by atoms with Gasteiger partial charge in [0.2, 0.25) is 0 Å². The average molecular weight is 480 g/mol. The molecule has 7 nitrogen and oxygen atoms in total. The summed E-state index contributed by atoms with van der Waals surface area (Å²) in [5.41, 5.74) is 2.40.